The predicted octanol–water partition coefficient (Wildman–Crippen LogP) is 3.86. The molecule has 33 heavy (non-hydrogen) atoms. The maximum Gasteiger partial charge on any atom is 0.264 e. The summed E-state index contributed by atoms with van der Waals surface area (Å²) in [5, 5.41) is 17.8. The van der Waals surface area contributed by atoms with Crippen LogP contribution in [-0.2, 0) is 28.1 Å². The van der Waals surface area contributed by atoms with E-state index in [2.05, 4.69) is 16.9 Å². The van der Waals surface area contributed by atoms with Gasteiger partial charge >= 0.3 is 0 Å². The minimum Gasteiger partial charge on any atom is -0.396 e. The second-order valence-corrected chi connectivity index (χ2v) is 13.6. The standard InChI is InChI=1S/C23H30ClFN4O3Si/c1-5-10-29-19-7-6-16(24)13-18(19)23(22(29)31)15(2)21(33(3,4)25)20(32-23)8-11-28-14-17(9-12-30)26-27-28/h5-7,13-15,20-21,30H,1,8-12H2,2-4H3/t15-,20+,21-,23+/m1/s1. The van der Waals surface area contributed by atoms with Crippen LogP contribution < -0.4 is 4.90 Å². The summed E-state index contributed by atoms with van der Waals surface area (Å²) < 4.78 is 24.0. The number of amides is 1. The smallest absolute Gasteiger partial charge is 0.264 e. The van der Waals surface area contributed by atoms with Crippen LogP contribution in [0.25, 0.3) is 0 Å². The highest BCUT2D eigenvalue weighted by atomic mass is 35.5. The van der Waals surface area contributed by atoms with Crippen LogP contribution in [0, 0.1) is 5.92 Å². The van der Waals surface area contributed by atoms with Gasteiger partial charge in [0.15, 0.2) is 5.60 Å². The van der Waals surface area contributed by atoms with Gasteiger partial charge in [0, 0.05) is 54.4 Å². The zero-order valence-corrected chi connectivity index (χ0v) is 20.9. The third kappa shape index (κ3) is 4.05. The van der Waals surface area contributed by atoms with Crippen LogP contribution in [0.15, 0.2) is 37.1 Å². The number of benzene rings is 1. The Bertz CT molecular complexity index is 1060. The Morgan fingerprint density at radius 3 is 2.85 bits per heavy atom. The number of hydrogen-bond donors (Lipinski definition) is 1. The fourth-order valence-corrected chi connectivity index (χ4v) is 8.25. The summed E-state index contributed by atoms with van der Waals surface area (Å²) >= 11 is 6.33. The average molecular weight is 493 g/mol. The van der Waals surface area contributed by atoms with Gasteiger partial charge in [0.25, 0.3) is 5.91 Å². The van der Waals surface area contributed by atoms with E-state index in [1.54, 1.807) is 47.1 Å². The molecule has 1 aromatic carbocycles. The Morgan fingerprint density at radius 1 is 1.42 bits per heavy atom. The van der Waals surface area contributed by atoms with Crippen LogP contribution in [-0.4, -0.2) is 53.7 Å². The van der Waals surface area contributed by atoms with Crippen molar-refractivity contribution in [1.82, 2.24) is 15.0 Å². The first-order valence-corrected chi connectivity index (χ1v) is 14.6. The number of hydrogen-bond acceptors (Lipinski definition) is 5. The molecule has 0 bridgehead atoms. The fourth-order valence-electron chi connectivity index (χ4n) is 5.54. The first-order chi connectivity index (χ1) is 15.6. The molecule has 1 amide bonds. The van der Waals surface area contributed by atoms with Crippen LogP contribution in [0.2, 0.25) is 23.7 Å². The number of aliphatic hydroxyl groups excluding tert-OH is 1. The Morgan fingerprint density at radius 2 is 2.18 bits per heavy atom. The van der Waals surface area contributed by atoms with E-state index in [0.717, 1.165) is 5.69 Å². The predicted molar refractivity (Wildman–Crippen MR) is 127 cm³/mol. The number of aliphatic hydroxyl groups is 1. The van der Waals surface area contributed by atoms with Gasteiger partial charge in [0.2, 0.25) is 8.41 Å². The van der Waals surface area contributed by atoms with E-state index >= 15 is 4.11 Å². The highest BCUT2D eigenvalue weighted by Gasteiger charge is 2.66. The van der Waals surface area contributed by atoms with Crippen LogP contribution in [0.3, 0.4) is 0 Å². The van der Waals surface area contributed by atoms with Crippen molar-refractivity contribution >= 4 is 31.6 Å². The lowest BCUT2D eigenvalue weighted by Crippen LogP contribution is -2.45. The van der Waals surface area contributed by atoms with Crippen molar-refractivity contribution in [2.75, 3.05) is 18.1 Å². The number of carbonyl (C=O) groups excluding carboxylic acids is 1. The second kappa shape index (κ2) is 8.94. The molecule has 0 aliphatic carbocycles. The van der Waals surface area contributed by atoms with E-state index in [1.807, 2.05) is 13.0 Å². The summed E-state index contributed by atoms with van der Waals surface area (Å²) in [5.74, 6) is -0.557. The molecule has 1 N–H and O–H groups in total. The molecule has 10 heteroatoms. The van der Waals surface area contributed by atoms with E-state index < -0.39 is 25.7 Å². The summed E-state index contributed by atoms with van der Waals surface area (Å²) in [6.45, 7) is 9.88. The Balaban J connectivity index is 1.70. The van der Waals surface area contributed by atoms with Gasteiger partial charge in [-0.2, -0.15) is 0 Å². The zero-order valence-electron chi connectivity index (χ0n) is 19.2. The molecule has 2 aliphatic heterocycles. The molecule has 1 fully saturated rings. The Labute approximate surface area is 199 Å². The van der Waals surface area contributed by atoms with Gasteiger partial charge in [-0.3, -0.25) is 9.48 Å². The topological polar surface area (TPSA) is 80.5 Å². The van der Waals surface area contributed by atoms with Gasteiger partial charge in [-0.25, -0.2) is 0 Å². The van der Waals surface area contributed by atoms with E-state index in [-0.39, 0.29) is 18.4 Å². The highest BCUT2D eigenvalue weighted by Crippen LogP contribution is 2.60. The van der Waals surface area contributed by atoms with Gasteiger partial charge in [0.1, 0.15) is 0 Å². The lowest BCUT2D eigenvalue weighted by atomic mass is 9.82. The normalized spacial score (nSPS) is 26.9. The maximum atomic E-state index is 15.7. The molecule has 2 aliphatic rings. The summed E-state index contributed by atoms with van der Waals surface area (Å²) in [4.78, 5) is 15.5. The molecular formula is C23H30ClFN4O3Si. The van der Waals surface area contributed by atoms with Crippen molar-refractivity contribution in [1.29, 1.82) is 0 Å². The summed E-state index contributed by atoms with van der Waals surface area (Å²) in [5.41, 5.74) is 0.461. The summed E-state index contributed by atoms with van der Waals surface area (Å²) in [6, 6.07) is 5.35. The molecule has 1 aromatic heterocycles. The fraction of sp³-hybridized carbons (Fsp3) is 0.522. The van der Waals surface area contributed by atoms with Crippen molar-refractivity contribution < 1.29 is 18.7 Å². The molecule has 7 nitrogen and oxygen atoms in total. The number of aryl methyl sites for hydroxylation is 1. The SMILES string of the molecule is C=CCN1C(=O)[C@@]2(O[C@@H](CCn3cc(CCO)nn3)[C@H]([Si](C)(C)F)[C@H]2C)c2cc(Cl)ccc21. The summed E-state index contributed by atoms with van der Waals surface area (Å²) in [7, 11) is -3.22. The molecule has 0 radical (unpaired) electrons. The van der Waals surface area contributed by atoms with E-state index in [9.17, 15) is 4.79 Å². The van der Waals surface area contributed by atoms with Crippen LogP contribution >= 0.6 is 11.6 Å². The molecule has 4 atom stereocenters. The minimum atomic E-state index is -3.22. The molecule has 1 spiro atoms. The first kappa shape index (κ1) is 24.1. The van der Waals surface area contributed by atoms with Gasteiger partial charge in [-0.15, -0.1) is 11.7 Å². The molecule has 178 valence electrons. The van der Waals surface area contributed by atoms with Crippen molar-refractivity contribution in [2.24, 2.45) is 5.92 Å². The van der Waals surface area contributed by atoms with Crippen molar-refractivity contribution in [3.05, 3.63) is 53.3 Å². The Hall–Kier alpha value is -2.07. The van der Waals surface area contributed by atoms with E-state index in [0.29, 0.717) is 42.2 Å². The maximum absolute atomic E-state index is 15.7. The van der Waals surface area contributed by atoms with Crippen molar-refractivity contribution in [2.45, 2.75) is 56.7 Å². The zero-order chi connectivity index (χ0) is 24.0. The summed E-state index contributed by atoms with van der Waals surface area (Å²) in [6.07, 6.45) is 3.91. The molecule has 2 aromatic rings. The van der Waals surface area contributed by atoms with Gasteiger partial charge in [-0.05, 0) is 37.7 Å². The van der Waals surface area contributed by atoms with Crippen molar-refractivity contribution in [3.63, 3.8) is 0 Å². The number of halogens is 2. The third-order valence-corrected chi connectivity index (χ3v) is 9.52. The lowest BCUT2D eigenvalue weighted by molar-refractivity contribution is -0.145. The number of nitrogens with zero attached hydrogens (tertiary/aromatic N) is 4. The second-order valence-electron chi connectivity index (χ2n) is 9.37. The van der Waals surface area contributed by atoms with Gasteiger partial charge in [-0.1, -0.05) is 29.8 Å². The first-order valence-electron chi connectivity index (χ1n) is 11.2. The largest absolute Gasteiger partial charge is 0.396 e. The number of ether oxygens (including phenoxy) is 1. The molecule has 0 unspecified atom stereocenters. The van der Waals surface area contributed by atoms with Crippen molar-refractivity contribution in [3.8, 4) is 0 Å². The number of rotatable bonds is 8. The third-order valence-electron chi connectivity index (χ3n) is 6.83. The average Bonchev–Trinajstić information content (AvgIpc) is 3.38. The monoisotopic (exact) mass is 492 g/mol. The minimum absolute atomic E-state index is 0.000528. The molecule has 3 heterocycles. The number of fused-ring (bicyclic) bond motifs is 2. The highest BCUT2D eigenvalue weighted by molar-refractivity contribution is 6.72. The quantitative estimate of drug-likeness (QED) is 0.344. The van der Waals surface area contributed by atoms with Crippen LogP contribution in [0.4, 0.5) is 9.80 Å². The van der Waals surface area contributed by atoms with Crippen LogP contribution in [0.1, 0.15) is 24.6 Å². The Kier molecular flexibility index (Phi) is 6.52. The van der Waals surface area contributed by atoms with Crippen LogP contribution in [0.5, 0.6) is 0 Å². The number of carbonyl (C=O) groups is 1. The number of anilines is 1. The van der Waals surface area contributed by atoms with E-state index in [1.165, 1.54) is 0 Å². The molecule has 0 saturated carbocycles. The van der Waals surface area contributed by atoms with Gasteiger partial charge in [0.05, 0.1) is 17.5 Å². The molecule has 4 rings (SSSR count). The lowest BCUT2D eigenvalue weighted by Gasteiger charge is -2.31. The van der Waals surface area contributed by atoms with E-state index in [4.69, 9.17) is 21.4 Å². The molecule has 1 saturated heterocycles. The molecular weight excluding hydrogens is 463 g/mol. The number of aromatic nitrogens is 3. The van der Waals surface area contributed by atoms with Gasteiger partial charge < -0.3 is 18.9 Å².